The SMILES string of the molecule is Cc1cc(C(C)(c2ccc(-c3ccccc3)cc2)c2cc(C)c(N)c(C)c2)cc(C)c1N. The second kappa shape index (κ2) is 8.20. The quantitative estimate of drug-likeness (QED) is 0.273. The Morgan fingerprint density at radius 3 is 1.28 bits per heavy atom. The van der Waals surface area contributed by atoms with Gasteiger partial charge in [-0.25, -0.2) is 0 Å². The van der Waals surface area contributed by atoms with Gasteiger partial charge in [0.2, 0.25) is 0 Å². The zero-order valence-electron chi connectivity index (χ0n) is 19.7. The Morgan fingerprint density at radius 1 is 0.500 bits per heavy atom. The lowest BCUT2D eigenvalue weighted by Crippen LogP contribution is -2.26. The van der Waals surface area contributed by atoms with Crippen LogP contribution in [0, 0.1) is 27.7 Å². The van der Waals surface area contributed by atoms with Crippen molar-refractivity contribution in [3.8, 4) is 11.1 Å². The van der Waals surface area contributed by atoms with Gasteiger partial charge in [0.15, 0.2) is 0 Å². The summed E-state index contributed by atoms with van der Waals surface area (Å²) in [5.74, 6) is 0. The first kappa shape index (κ1) is 21.7. The van der Waals surface area contributed by atoms with E-state index in [2.05, 4.69) is 107 Å². The molecule has 4 rings (SSSR count). The van der Waals surface area contributed by atoms with Gasteiger partial charge >= 0.3 is 0 Å². The molecule has 0 saturated carbocycles. The Kier molecular flexibility index (Phi) is 5.56. The molecule has 162 valence electrons. The number of nitrogen functional groups attached to an aromatic ring is 2. The Hall–Kier alpha value is -3.52. The fourth-order valence-corrected chi connectivity index (χ4v) is 4.65. The van der Waals surface area contributed by atoms with Crippen molar-refractivity contribution in [1.29, 1.82) is 0 Å². The van der Waals surface area contributed by atoms with E-state index in [0.717, 1.165) is 33.6 Å². The molecule has 2 nitrogen and oxygen atoms in total. The Bertz CT molecular complexity index is 1160. The first-order valence-electron chi connectivity index (χ1n) is 11.1. The van der Waals surface area contributed by atoms with Gasteiger partial charge in [0.1, 0.15) is 0 Å². The van der Waals surface area contributed by atoms with Gasteiger partial charge in [-0.05, 0) is 84.7 Å². The van der Waals surface area contributed by atoms with E-state index in [1.165, 1.54) is 27.8 Å². The van der Waals surface area contributed by atoms with Gasteiger partial charge < -0.3 is 11.5 Å². The number of rotatable bonds is 4. The number of hydrogen-bond donors (Lipinski definition) is 2. The number of aryl methyl sites for hydroxylation is 4. The molecule has 0 bridgehead atoms. The van der Waals surface area contributed by atoms with Crippen LogP contribution in [0.15, 0.2) is 78.9 Å². The van der Waals surface area contributed by atoms with E-state index in [0.29, 0.717) is 0 Å². The number of anilines is 2. The molecule has 4 N–H and O–H groups in total. The van der Waals surface area contributed by atoms with Crippen molar-refractivity contribution in [3.63, 3.8) is 0 Å². The summed E-state index contributed by atoms with van der Waals surface area (Å²) < 4.78 is 0. The molecule has 0 atom stereocenters. The maximum Gasteiger partial charge on any atom is 0.0423 e. The topological polar surface area (TPSA) is 52.0 Å². The van der Waals surface area contributed by atoms with Gasteiger partial charge in [-0.3, -0.25) is 0 Å². The van der Waals surface area contributed by atoms with E-state index < -0.39 is 0 Å². The third-order valence-corrected chi connectivity index (χ3v) is 6.91. The van der Waals surface area contributed by atoms with Crippen molar-refractivity contribution in [1.82, 2.24) is 0 Å². The molecule has 2 heteroatoms. The van der Waals surface area contributed by atoms with E-state index in [9.17, 15) is 0 Å². The molecule has 0 fully saturated rings. The monoisotopic (exact) mass is 420 g/mol. The van der Waals surface area contributed by atoms with Gasteiger partial charge in [-0.2, -0.15) is 0 Å². The van der Waals surface area contributed by atoms with Crippen LogP contribution in [0.2, 0.25) is 0 Å². The van der Waals surface area contributed by atoms with Crippen molar-refractivity contribution in [2.45, 2.75) is 40.0 Å². The lowest BCUT2D eigenvalue weighted by molar-refractivity contribution is 0.690. The van der Waals surface area contributed by atoms with Gasteiger partial charge in [-0.1, -0.05) is 78.9 Å². The zero-order chi connectivity index (χ0) is 23.0. The van der Waals surface area contributed by atoms with E-state index in [1.54, 1.807) is 0 Å². The summed E-state index contributed by atoms with van der Waals surface area (Å²) in [7, 11) is 0. The summed E-state index contributed by atoms with van der Waals surface area (Å²) in [6, 6.07) is 28.4. The molecular weight excluding hydrogens is 388 g/mol. The van der Waals surface area contributed by atoms with E-state index in [-0.39, 0.29) is 5.41 Å². The minimum atomic E-state index is -0.346. The van der Waals surface area contributed by atoms with Gasteiger partial charge in [0.25, 0.3) is 0 Å². The molecule has 0 unspecified atom stereocenters. The molecule has 0 aliphatic heterocycles. The van der Waals surface area contributed by atoms with Crippen molar-refractivity contribution in [3.05, 3.63) is 118 Å². The Morgan fingerprint density at radius 2 is 0.875 bits per heavy atom. The lowest BCUT2D eigenvalue weighted by Gasteiger charge is -2.34. The maximum absolute atomic E-state index is 6.31. The van der Waals surface area contributed by atoms with Crippen LogP contribution >= 0.6 is 0 Å². The molecule has 4 aromatic carbocycles. The summed E-state index contributed by atoms with van der Waals surface area (Å²) in [5.41, 5.74) is 24.6. The molecule has 0 aromatic heterocycles. The molecule has 0 aliphatic carbocycles. The number of nitrogens with two attached hydrogens (primary N) is 2. The standard InChI is InChI=1S/C30H32N2/c1-19-15-26(16-20(2)28(19)31)30(5,27-17-21(3)29(32)22(4)18-27)25-13-11-24(12-14-25)23-9-7-6-8-10-23/h6-18H,31-32H2,1-5H3. The highest BCUT2D eigenvalue weighted by molar-refractivity contribution is 5.66. The van der Waals surface area contributed by atoms with E-state index >= 15 is 0 Å². The van der Waals surface area contributed by atoms with Gasteiger partial charge in [0, 0.05) is 16.8 Å². The third-order valence-electron chi connectivity index (χ3n) is 6.91. The van der Waals surface area contributed by atoms with Crippen LogP contribution in [0.25, 0.3) is 11.1 Å². The largest absolute Gasteiger partial charge is 0.398 e. The van der Waals surface area contributed by atoms with Crippen LogP contribution in [0.1, 0.15) is 45.9 Å². The predicted molar refractivity (Wildman–Crippen MR) is 138 cm³/mol. The van der Waals surface area contributed by atoms with Crippen LogP contribution in [-0.4, -0.2) is 0 Å². The molecule has 4 aromatic rings. The van der Waals surface area contributed by atoms with Crippen molar-refractivity contribution < 1.29 is 0 Å². The van der Waals surface area contributed by atoms with Gasteiger partial charge in [-0.15, -0.1) is 0 Å². The van der Waals surface area contributed by atoms with Crippen LogP contribution in [0.4, 0.5) is 11.4 Å². The average Bonchev–Trinajstić information content (AvgIpc) is 2.80. The second-order valence-corrected chi connectivity index (χ2v) is 9.12. The molecule has 0 radical (unpaired) electrons. The fourth-order valence-electron chi connectivity index (χ4n) is 4.65. The minimum absolute atomic E-state index is 0.346. The van der Waals surface area contributed by atoms with Crippen molar-refractivity contribution in [2.75, 3.05) is 11.5 Å². The highest BCUT2D eigenvalue weighted by Crippen LogP contribution is 2.42. The van der Waals surface area contributed by atoms with Crippen LogP contribution in [0.5, 0.6) is 0 Å². The minimum Gasteiger partial charge on any atom is -0.398 e. The summed E-state index contributed by atoms with van der Waals surface area (Å²) >= 11 is 0. The van der Waals surface area contributed by atoms with Gasteiger partial charge in [0.05, 0.1) is 0 Å². The van der Waals surface area contributed by atoms with Crippen molar-refractivity contribution >= 4 is 11.4 Å². The average molecular weight is 421 g/mol. The summed E-state index contributed by atoms with van der Waals surface area (Å²) in [6.07, 6.45) is 0. The number of hydrogen-bond acceptors (Lipinski definition) is 2. The predicted octanol–water partition coefficient (Wildman–Crippen LogP) is 7.11. The second-order valence-electron chi connectivity index (χ2n) is 9.12. The Balaban J connectivity index is 1.94. The summed E-state index contributed by atoms with van der Waals surface area (Å²) in [6.45, 7) is 10.7. The van der Waals surface area contributed by atoms with E-state index in [4.69, 9.17) is 11.5 Å². The summed E-state index contributed by atoms with van der Waals surface area (Å²) in [5, 5.41) is 0. The molecule has 0 amide bonds. The zero-order valence-corrected chi connectivity index (χ0v) is 19.7. The highest BCUT2D eigenvalue weighted by atomic mass is 14.6. The molecule has 0 heterocycles. The molecular formula is C30H32N2. The molecule has 0 saturated heterocycles. The third kappa shape index (κ3) is 3.67. The maximum atomic E-state index is 6.31. The smallest absolute Gasteiger partial charge is 0.0423 e. The lowest BCUT2D eigenvalue weighted by atomic mass is 9.69. The van der Waals surface area contributed by atoms with Crippen LogP contribution in [-0.2, 0) is 5.41 Å². The Labute approximate surface area is 191 Å². The first-order valence-corrected chi connectivity index (χ1v) is 11.1. The summed E-state index contributed by atoms with van der Waals surface area (Å²) in [4.78, 5) is 0. The number of benzene rings is 4. The molecule has 0 spiro atoms. The molecule has 0 aliphatic rings. The highest BCUT2D eigenvalue weighted by Gasteiger charge is 2.32. The fraction of sp³-hybridized carbons (Fsp3) is 0.200. The van der Waals surface area contributed by atoms with Crippen molar-refractivity contribution in [2.24, 2.45) is 0 Å². The van der Waals surface area contributed by atoms with Crippen LogP contribution in [0.3, 0.4) is 0 Å². The first-order chi connectivity index (χ1) is 15.2. The van der Waals surface area contributed by atoms with Crippen LogP contribution < -0.4 is 11.5 Å². The normalized spacial score (nSPS) is 11.5. The molecule has 32 heavy (non-hydrogen) atoms. The van der Waals surface area contributed by atoms with E-state index in [1.807, 2.05) is 6.07 Å².